The van der Waals surface area contributed by atoms with E-state index in [4.69, 9.17) is 14.1 Å². The van der Waals surface area contributed by atoms with Crippen molar-refractivity contribution in [3.8, 4) is 0 Å². The standard InChI is InChI=1S/C19H27N3O2S/c1-15-7-8-18(25-15)14-22-19(20-10-9-16-6-4-12-23-16)21-13-17-5-2-3-11-24-17/h4,6-8,12,17H,2-3,5,9-11,13-14H2,1H3,(H2,20,21,22). The summed E-state index contributed by atoms with van der Waals surface area (Å²) in [6.45, 7) is 5.28. The number of rotatable bonds is 7. The third-order valence-corrected chi connectivity index (χ3v) is 5.19. The van der Waals surface area contributed by atoms with Crippen LogP contribution in [0.25, 0.3) is 0 Å². The minimum atomic E-state index is 0.287. The van der Waals surface area contributed by atoms with Gasteiger partial charge in [0.2, 0.25) is 0 Å². The highest BCUT2D eigenvalue weighted by atomic mass is 32.1. The SMILES string of the molecule is Cc1ccc(CN=C(NCCc2ccco2)NCC2CCCCO2)s1. The molecule has 5 nitrogen and oxygen atoms in total. The number of nitrogens with zero attached hydrogens (tertiary/aromatic N) is 1. The van der Waals surface area contributed by atoms with E-state index in [1.807, 2.05) is 12.1 Å². The van der Waals surface area contributed by atoms with Gasteiger partial charge < -0.3 is 19.8 Å². The van der Waals surface area contributed by atoms with Gasteiger partial charge in [-0.05, 0) is 50.5 Å². The molecule has 1 saturated heterocycles. The van der Waals surface area contributed by atoms with Crippen molar-refractivity contribution < 1.29 is 9.15 Å². The molecule has 1 atom stereocenters. The highest BCUT2D eigenvalue weighted by Crippen LogP contribution is 2.16. The summed E-state index contributed by atoms with van der Waals surface area (Å²) in [5.74, 6) is 1.82. The minimum Gasteiger partial charge on any atom is -0.469 e. The van der Waals surface area contributed by atoms with Gasteiger partial charge in [0.1, 0.15) is 5.76 Å². The molecule has 2 aromatic rings. The van der Waals surface area contributed by atoms with Gasteiger partial charge in [-0.3, -0.25) is 0 Å². The van der Waals surface area contributed by atoms with Crippen LogP contribution in [-0.4, -0.2) is 31.8 Å². The van der Waals surface area contributed by atoms with Crippen molar-refractivity contribution in [3.05, 3.63) is 46.0 Å². The van der Waals surface area contributed by atoms with Crippen LogP contribution < -0.4 is 10.6 Å². The maximum atomic E-state index is 5.80. The van der Waals surface area contributed by atoms with Crippen LogP contribution in [0.3, 0.4) is 0 Å². The molecule has 2 N–H and O–H groups in total. The van der Waals surface area contributed by atoms with Crippen LogP contribution in [-0.2, 0) is 17.7 Å². The summed E-state index contributed by atoms with van der Waals surface area (Å²) in [6, 6.07) is 8.20. The minimum absolute atomic E-state index is 0.287. The van der Waals surface area contributed by atoms with E-state index in [0.29, 0.717) is 6.54 Å². The van der Waals surface area contributed by atoms with Crippen molar-refractivity contribution in [1.82, 2.24) is 10.6 Å². The molecule has 0 spiro atoms. The summed E-state index contributed by atoms with van der Waals surface area (Å²) in [5.41, 5.74) is 0. The van der Waals surface area contributed by atoms with Gasteiger partial charge in [-0.2, -0.15) is 0 Å². The molecule has 0 aliphatic carbocycles. The van der Waals surface area contributed by atoms with Crippen molar-refractivity contribution in [2.45, 2.75) is 45.3 Å². The second-order valence-electron chi connectivity index (χ2n) is 6.30. The topological polar surface area (TPSA) is 58.8 Å². The van der Waals surface area contributed by atoms with Crippen molar-refractivity contribution in [3.63, 3.8) is 0 Å². The second-order valence-corrected chi connectivity index (χ2v) is 7.68. The monoisotopic (exact) mass is 361 g/mol. The van der Waals surface area contributed by atoms with E-state index in [1.165, 1.54) is 22.6 Å². The van der Waals surface area contributed by atoms with Crippen molar-refractivity contribution in [2.75, 3.05) is 19.7 Å². The maximum absolute atomic E-state index is 5.80. The summed E-state index contributed by atoms with van der Waals surface area (Å²) in [7, 11) is 0. The highest BCUT2D eigenvalue weighted by Gasteiger charge is 2.14. The molecule has 3 heterocycles. The van der Waals surface area contributed by atoms with E-state index in [-0.39, 0.29) is 6.10 Å². The summed E-state index contributed by atoms with van der Waals surface area (Å²) < 4.78 is 11.2. The van der Waals surface area contributed by atoms with Crippen molar-refractivity contribution in [1.29, 1.82) is 0 Å². The van der Waals surface area contributed by atoms with Crippen LogP contribution in [0.2, 0.25) is 0 Å². The van der Waals surface area contributed by atoms with Crippen LogP contribution in [0.15, 0.2) is 39.9 Å². The summed E-state index contributed by atoms with van der Waals surface area (Å²) >= 11 is 1.80. The Hall–Kier alpha value is -1.79. The molecule has 6 heteroatoms. The van der Waals surface area contributed by atoms with E-state index < -0.39 is 0 Å². The van der Waals surface area contributed by atoms with Gasteiger partial charge in [-0.25, -0.2) is 4.99 Å². The van der Waals surface area contributed by atoms with Crippen molar-refractivity contribution >= 4 is 17.3 Å². The van der Waals surface area contributed by atoms with Gasteiger partial charge in [-0.1, -0.05) is 0 Å². The molecular weight excluding hydrogens is 334 g/mol. The number of nitrogens with one attached hydrogen (secondary N) is 2. The lowest BCUT2D eigenvalue weighted by atomic mass is 10.1. The number of aryl methyl sites for hydroxylation is 1. The average molecular weight is 362 g/mol. The maximum Gasteiger partial charge on any atom is 0.191 e. The Labute approximate surface area is 153 Å². The molecule has 2 aromatic heterocycles. The molecule has 1 fully saturated rings. The van der Waals surface area contributed by atoms with Crippen LogP contribution in [0, 0.1) is 6.92 Å². The van der Waals surface area contributed by atoms with Gasteiger partial charge in [0.25, 0.3) is 0 Å². The summed E-state index contributed by atoms with van der Waals surface area (Å²) in [4.78, 5) is 7.33. The Balaban J connectivity index is 1.51. The average Bonchev–Trinajstić information content (AvgIpc) is 3.29. The Morgan fingerprint density at radius 2 is 2.24 bits per heavy atom. The zero-order valence-electron chi connectivity index (χ0n) is 14.8. The molecule has 0 saturated carbocycles. The Kier molecular flexibility index (Phi) is 6.94. The first-order chi connectivity index (χ1) is 12.3. The predicted octanol–water partition coefficient (Wildman–Crippen LogP) is 3.50. The second kappa shape index (κ2) is 9.63. The normalized spacial score (nSPS) is 18.3. The molecule has 0 amide bonds. The number of aliphatic imine (C=N–C) groups is 1. The number of thiophene rings is 1. The largest absolute Gasteiger partial charge is 0.469 e. The number of ether oxygens (including phenoxy) is 1. The van der Waals surface area contributed by atoms with E-state index in [0.717, 1.165) is 44.3 Å². The van der Waals surface area contributed by atoms with Crippen LogP contribution >= 0.6 is 11.3 Å². The fraction of sp³-hybridized carbons (Fsp3) is 0.526. The third kappa shape index (κ3) is 6.21. The predicted molar refractivity (Wildman–Crippen MR) is 102 cm³/mol. The van der Waals surface area contributed by atoms with E-state index in [1.54, 1.807) is 17.6 Å². The molecule has 0 bridgehead atoms. The number of furan rings is 1. The number of hydrogen-bond donors (Lipinski definition) is 2. The summed E-state index contributed by atoms with van der Waals surface area (Å²) in [6.07, 6.45) is 6.38. The summed E-state index contributed by atoms with van der Waals surface area (Å²) in [5, 5.41) is 6.84. The molecule has 0 aromatic carbocycles. The van der Waals surface area contributed by atoms with Crippen LogP contribution in [0.1, 0.15) is 34.8 Å². The van der Waals surface area contributed by atoms with Gasteiger partial charge in [0.05, 0.1) is 18.9 Å². The first-order valence-electron chi connectivity index (χ1n) is 9.01. The highest BCUT2D eigenvalue weighted by molar-refractivity contribution is 7.11. The molecule has 0 radical (unpaired) electrons. The molecule has 1 unspecified atom stereocenters. The smallest absolute Gasteiger partial charge is 0.191 e. The van der Waals surface area contributed by atoms with Gasteiger partial charge in [0, 0.05) is 35.9 Å². The first kappa shape index (κ1) is 18.0. The molecule has 3 rings (SSSR count). The number of guanidine groups is 1. The molecule has 1 aliphatic heterocycles. The Bertz CT molecular complexity index is 645. The Morgan fingerprint density at radius 3 is 2.96 bits per heavy atom. The van der Waals surface area contributed by atoms with Gasteiger partial charge in [-0.15, -0.1) is 11.3 Å². The van der Waals surface area contributed by atoms with E-state index >= 15 is 0 Å². The molecular formula is C19H27N3O2S. The first-order valence-corrected chi connectivity index (χ1v) is 9.83. The molecule has 25 heavy (non-hydrogen) atoms. The van der Waals surface area contributed by atoms with Gasteiger partial charge in [0.15, 0.2) is 5.96 Å². The fourth-order valence-corrected chi connectivity index (χ4v) is 3.65. The lowest BCUT2D eigenvalue weighted by Crippen LogP contribution is -2.43. The number of hydrogen-bond acceptors (Lipinski definition) is 4. The third-order valence-electron chi connectivity index (χ3n) is 4.20. The van der Waals surface area contributed by atoms with Crippen molar-refractivity contribution in [2.24, 2.45) is 4.99 Å². The zero-order chi connectivity index (χ0) is 17.3. The van der Waals surface area contributed by atoms with Crippen LogP contribution in [0.4, 0.5) is 0 Å². The van der Waals surface area contributed by atoms with Crippen LogP contribution in [0.5, 0.6) is 0 Å². The van der Waals surface area contributed by atoms with E-state index in [9.17, 15) is 0 Å². The molecule has 1 aliphatic rings. The van der Waals surface area contributed by atoms with E-state index in [2.05, 4.69) is 29.7 Å². The quantitative estimate of drug-likeness (QED) is 0.585. The van der Waals surface area contributed by atoms with Gasteiger partial charge >= 0.3 is 0 Å². The molecule has 136 valence electrons. The lowest BCUT2D eigenvalue weighted by Gasteiger charge is -2.23. The fourth-order valence-electron chi connectivity index (χ4n) is 2.84. The lowest BCUT2D eigenvalue weighted by molar-refractivity contribution is 0.0194. The Morgan fingerprint density at radius 1 is 1.28 bits per heavy atom. The zero-order valence-corrected chi connectivity index (χ0v) is 15.6.